The van der Waals surface area contributed by atoms with E-state index in [1.807, 2.05) is 6.92 Å². The van der Waals surface area contributed by atoms with Gasteiger partial charge >= 0.3 is 0 Å². The van der Waals surface area contributed by atoms with Crippen LogP contribution in [0.4, 0.5) is 0 Å². The largest absolute Gasteiger partial charge is 0.312 e. The van der Waals surface area contributed by atoms with Crippen molar-refractivity contribution in [3.8, 4) is 0 Å². The van der Waals surface area contributed by atoms with Crippen LogP contribution in [0, 0.1) is 12.8 Å². The Morgan fingerprint density at radius 1 is 1.50 bits per heavy atom. The summed E-state index contributed by atoms with van der Waals surface area (Å²) in [5, 5.41) is 3.55. The van der Waals surface area contributed by atoms with Crippen molar-refractivity contribution in [3.63, 3.8) is 0 Å². The van der Waals surface area contributed by atoms with Gasteiger partial charge in [0.2, 0.25) is 0 Å². The number of rotatable bonds is 4. The highest BCUT2D eigenvalue weighted by molar-refractivity contribution is 4.95. The SMILES string of the molecule is Cc1cc(=O)n(CCNC2CCCC(C)C2)cn1. The Kier molecular flexibility index (Phi) is 4.53. The summed E-state index contributed by atoms with van der Waals surface area (Å²) in [6.07, 6.45) is 6.86. The van der Waals surface area contributed by atoms with Crippen molar-refractivity contribution in [1.82, 2.24) is 14.9 Å². The minimum atomic E-state index is 0.0429. The molecule has 4 nitrogen and oxygen atoms in total. The molecule has 2 rings (SSSR count). The van der Waals surface area contributed by atoms with E-state index in [2.05, 4.69) is 17.2 Å². The van der Waals surface area contributed by atoms with Crippen molar-refractivity contribution < 1.29 is 0 Å². The summed E-state index contributed by atoms with van der Waals surface area (Å²) in [5.74, 6) is 0.833. The molecule has 0 saturated heterocycles. The van der Waals surface area contributed by atoms with E-state index in [-0.39, 0.29) is 5.56 Å². The van der Waals surface area contributed by atoms with Gasteiger partial charge in [0.15, 0.2) is 0 Å². The first kappa shape index (κ1) is 13.3. The predicted molar refractivity (Wildman–Crippen MR) is 72.7 cm³/mol. The number of hydrogen-bond acceptors (Lipinski definition) is 3. The molecule has 0 radical (unpaired) electrons. The smallest absolute Gasteiger partial charge is 0.253 e. The van der Waals surface area contributed by atoms with Gasteiger partial charge in [-0.1, -0.05) is 19.8 Å². The van der Waals surface area contributed by atoms with Crippen LogP contribution in [0.1, 0.15) is 38.3 Å². The maximum absolute atomic E-state index is 11.7. The molecule has 1 N–H and O–H groups in total. The van der Waals surface area contributed by atoms with Crippen molar-refractivity contribution in [3.05, 3.63) is 28.4 Å². The van der Waals surface area contributed by atoms with Gasteiger partial charge in [-0.25, -0.2) is 4.98 Å². The summed E-state index contributed by atoms with van der Waals surface area (Å²) in [6, 6.07) is 2.21. The topological polar surface area (TPSA) is 46.9 Å². The van der Waals surface area contributed by atoms with E-state index in [1.165, 1.54) is 25.7 Å². The second kappa shape index (κ2) is 6.14. The van der Waals surface area contributed by atoms with Crippen molar-refractivity contribution in [2.24, 2.45) is 5.92 Å². The second-order valence-electron chi connectivity index (χ2n) is 5.48. The fourth-order valence-electron chi connectivity index (χ4n) is 2.69. The second-order valence-corrected chi connectivity index (χ2v) is 5.48. The molecule has 0 amide bonds. The van der Waals surface area contributed by atoms with E-state index in [9.17, 15) is 4.79 Å². The highest BCUT2D eigenvalue weighted by Crippen LogP contribution is 2.23. The van der Waals surface area contributed by atoms with Gasteiger partial charge in [0.1, 0.15) is 0 Å². The molecule has 100 valence electrons. The van der Waals surface area contributed by atoms with Crippen LogP contribution in [0.15, 0.2) is 17.2 Å². The number of aryl methyl sites for hydroxylation is 1. The molecule has 1 heterocycles. The fraction of sp³-hybridized carbons (Fsp3) is 0.714. The summed E-state index contributed by atoms with van der Waals surface area (Å²) >= 11 is 0. The molecule has 0 aromatic carbocycles. The first-order chi connectivity index (χ1) is 8.65. The molecule has 0 spiro atoms. The molecular formula is C14H23N3O. The van der Waals surface area contributed by atoms with Gasteiger partial charge in [-0.05, 0) is 25.7 Å². The third-order valence-corrected chi connectivity index (χ3v) is 3.74. The minimum Gasteiger partial charge on any atom is -0.312 e. The number of hydrogen-bond donors (Lipinski definition) is 1. The summed E-state index contributed by atoms with van der Waals surface area (Å²) in [4.78, 5) is 15.8. The standard InChI is InChI=1S/C14H23N3O/c1-11-4-3-5-13(8-11)15-6-7-17-10-16-12(2)9-14(17)18/h9-11,13,15H,3-8H2,1-2H3. The average molecular weight is 249 g/mol. The molecule has 1 fully saturated rings. The van der Waals surface area contributed by atoms with Gasteiger partial charge in [0.05, 0.1) is 6.33 Å². The maximum Gasteiger partial charge on any atom is 0.253 e. The Bertz CT molecular complexity index is 441. The van der Waals surface area contributed by atoms with Crippen LogP contribution in [0.2, 0.25) is 0 Å². The number of nitrogens with one attached hydrogen (secondary N) is 1. The monoisotopic (exact) mass is 249 g/mol. The molecule has 1 saturated carbocycles. The quantitative estimate of drug-likeness (QED) is 0.884. The lowest BCUT2D eigenvalue weighted by atomic mass is 9.87. The molecule has 0 bridgehead atoms. The predicted octanol–water partition coefficient (Wildman–Crippen LogP) is 1.72. The van der Waals surface area contributed by atoms with E-state index in [0.717, 1.165) is 18.2 Å². The van der Waals surface area contributed by atoms with Crippen LogP contribution in [-0.2, 0) is 6.54 Å². The zero-order chi connectivity index (χ0) is 13.0. The third-order valence-electron chi connectivity index (χ3n) is 3.74. The van der Waals surface area contributed by atoms with Crippen molar-refractivity contribution in [2.45, 2.75) is 52.1 Å². The van der Waals surface area contributed by atoms with Crippen LogP contribution >= 0.6 is 0 Å². The zero-order valence-electron chi connectivity index (χ0n) is 11.4. The average Bonchev–Trinajstić information content (AvgIpc) is 2.32. The highest BCUT2D eigenvalue weighted by atomic mass is 16.1. The maximum atomic E-state index is 11.7. The van der Waals surface area contributed by atoms with Crippen LogP contribution in [-0.4, -0.2) is 22.1 Å². The molecule has 1 aromatic heterocycles. The van der Waals surface area contributed by atoms with Crippen molar-refractivity contribution >= 4 is 0 Å². The molecule has 1 aliphatic rings. The Morgan fingerprint density at radius 3 is 3.06 bits per heavy atom. The summed E-state index contributed by atoms with van der Waals surface area (Å²) in [5.41, 5.74) is 0.826. The van der Waals surface area contributed by atoms with E-state index in [1.54, 1.807) is 17.0 Å². The lowest BCUT2D eigenvalue weighted by Gasteiger charge is -2.27. The lowest BCUT2D eigenvalue weighted by Crippen LogP contribution is -2.36. The fourth-order valence-corrected chi connectivity index (χ4v) is 2.69. The van der Waals surface area contributed by atoms with Gasteiger partial charge in [-0.2, -0.15) is 0 Å². The zero-order valence-corrected chi connectivity index (χ0v) is 11.4. The summed E-state index contributed by atoms with van der Waals surface area (Å²) in [6.45, 7) is 5.72. The minimum absolute atomic E-state index is 0.0429. The lowest BCUT2D eigenvalue weighted by molar-refractivity contribution is 0.299. The van der Waals surface area contributed by atoms with E-state index < -0.39 is 0 Å². The number of aromatic nitrogens is 2. The Labute approximate surface area is 108 Å². The van der Waals surface area contributed by atoms with E-state index in [4.69, 9.17) is 0 Å². The number of nitrogens with zero attached hydrogens (tertiary/aromatic N) is 2. The van der Waals surface area contributed by atoms with Crippen LogP contribution < -0.4 is 10.9 Å². The third kappa shape index (κ3) is 3.67. The van der Waals surface area contributed by atoms with Gasteiger partial charge in [-0.3, -0.25) is 9.36 Å². The molecule has 2 atom stereocenters. The summed E-state index contributed by atoms with van der Waals surface area (Å²) in [7, 11) is 0. The van der Waals surface area contributed by atoms with Crippen LogP contribution in [0.3, 0.4) is 0 Å². The Balaban J connectivity index is 1.79. The van der Waals surface area contributed by atoms with Gasteiger partial charge in [0.25, 0.3) is 5.56 Å². The molecule has 1 aliphatic carbocycles. The molecule has 4 heteroatoms. The van der Waals surface area contributed by atoms with Crippen molar-refractivity contribution in [2.75, 3.05) is 6.54 Å². The molecule has 1 aromatic rings. The normalized spacial score (nSPS) is 24.1. The highest BCUT2D eigenvalue weighted by Gasteiger charge is 2.17. The van der Waals surface area contributed by atoms with E-state index >= 15 is 0 Å². The van der Waals surface area contributed by atoms with Crippen LogP contribution in [0.5, 0.6) is 0 Å². The first-order valence-corrected chi connectivity index (χ1v) is 6.91. The van der Waals surface area contributed by atoms with Gasteiger partial charge < -0.3 is 5.32 Å². The van der Waals surface area contributed by atoms with Crippen LogP contribution in [0.25, 0.3) is 0 Å². The Morgan fingerprint density at radius 2 is 2.33 bits per heavy atom. The molecule has 2 unspecified atom stereocenters. The molecule has 18 heavy (non-hydrogen) atoms. The van der Waals surface area contributed by atoms with Gasteiger partial charge in [-0.15, -0.1) is 0 Å². The van der Waals surface area contributed by atoms with Gasteiger partial charge in [0, 0.05) is 30.9 Å². The molecular weight excluding hydrogens is 226 g/mol. The van der Waals surface area contributed by atoms with E-state index in [0.29, 0.717) is 12.6 Å². The Hall–Kier alpha value is -1.16. The van der Waals surface area contributed by atoms with Crippen molar-refractivity contribution in [1.29, 1.82) is 0 Å². The summed E-state index contributed by atoms with van der Waals surface area (Å²) < 4.78 is 1.67. The molecule has 0 aliphatic heterocycles. The first-order valence-electron chi connectivity index (χ1n) is 6.91.